The second kappa shape index (κ2) is 7.21. The molecule has 2 aromatic rings. The van der Waals surface area contributed by atoms with Gasteiger partial charge in [0.15, 0.2) is 0 Å². The molecule has 2 atom stereocenters. The second-order valence-electron chi connectivity index (χ2n) is 7.37. The highest BCUT2D eigenvalue weighted by Gasteiger charge is 2.33. The summed E-state index contributed by atoms with van der Waals surface area (Å²) in [5.41, 5.74) is 2.36. The molecule has 1 N–H and O–H groups in total. The van der Waals surface area contributed by atoms with Crippen molar-refractivity contribution in [1.82, 2.24) is 19.8 Å². The van der Waals surface area contributed by atoms with Crippen molar-refractivity contribution in [2.24, 2.45) is 7.05 Å². The number of rotatable bonds is 3. The number of para-hydroxylation sites is 1. The first-order valence-electron chi connectivity index (χ1n) is 9.47. The summed E-state index contributed by atoms with van der Waals surface area (Å²) < 4.78 is 2.05. The van der Waals surface area contributed by atoms with E-state index in [4.69, 9.17) is 0 Å². The first-order chi connectivity index (χ1) is 12.6. The Morgan fingerprint density at radius 1 is 1.35 bits per heavy atom. The molecular formula is C20H27N5O. The summed E-state index contributed by atoms with van der Waals surface area (Å²) in [6.07, 6.45) is 5.86. The molecule has 1 aromatic heterocycles. The molecule has 0 bridgehead atoms. The fourth-order valence-electron chi connectivity index (χ4n) is 4.21. The van der Waals surface area contributed by atoms with E-state index in [0.29, 0.717) is 6.54 Å². The minimum atomic E-state index is 0.128. The predicted octanol–water partition coefficient (Wildman–Crippen LogP) is 1.73. The average molecular weight is 353 g/mol. The number of benzene rings is 1. The number of aryl methyl sites for hydroxylation is 2. The van der Waals surface area contributed by atoms with Gasteiger partial charge in [0.05, 0.1) is 12.6 Å². The third-order valence-electron chi connectivity index (χ3n) is 5.64. The fourth-order valence-corrected chi connectivity index (χ4v) is 4.21. The van der Waals surface area contributed by atoms with Gasteiger partial charge in [-0.15, -0.1) is 0 Å². The van der Waals surface area contributed by atoms with Crippen molar-refractivity contribution >= 4 is 11.6 Å². The lowest BCUT2D eigenvalue weighted by Crippen LogP contribution is -2.52. The van der Waals surface area contributed by atoms with Crippen LogP contribution in [0.1, 0.15) is 30.8 Å². The third kappa shape index (κ3) is 3.15. The molecule has 0 aliphatic carbocycles. The van der Waals surface area contributed by atoms with E-state index < -0.39 is 0 Å². The number of fused-ring (bicyclic) bond motifs is 1. The molecular weight excluding hydrogens is 326 g/mol. The Hall–Kier alpha value is -2.18. The van der Waals surface area contributed by atoms with Crippen LogP contribution in [0.4, 0.5) is 5.69 Å². The first kappa shape index (κ1) is 17.2. The number of amides is 1. The maximum absolute atomic E-state index is 13.3. The Morgan fingerprint density at radius 3 is 3.00 bits per heavy atom. The van der Waals surface area contributed by atoms with E-state index in [9.17, 15) is 4.79 Å². The summed E-state index contributed by atoms with van der Waals surface area (Å²) >= 11 is 0. The van der Waals surface area contributed by atoms with E-state index >= 15 is 0 Å². The predicted molar refractivity (Wildman–Crippen MR) is 102 cm³/mol. The molecule has 2 unspecified atom stereocenters. The lowest BCUT2D eigenvalue weighted by Gasteiger charge is -2.39. The Morgan fingerprint density at radius 2 is 2.19 bits per heavy atom. The Kier molecular flexibility index (Phi) is 4.78. The van der Waals surface area contributed by atoms with Crippen molar-refractivity contribution in [2.45, 2.75) is 31.8 Å². The largest absolute Gasteiger partial charge is 0.337 e. The zero-order valence-corrected chi connectivity index (χ0v) is 15.6. The van der Waals surface area contributed by atoms with Crippen LogP contribution in [0, 0.1) is 0 Å². The van der Waals surface area contributed by atoms with Gasteiger partial charge >= 0.3 is 0 Å². The standard InChI is InChI=1S/C20H27N5O/c1-15-7-8-16-5-3-4-6-17(16)25(15)19(26)14-24-12-9-21-13-18(24)20-22-10-11-23(20)2/h3-6,10-11,15,18,21H,7-9,12-14H2,1-2H3. The second-order valence-corrected chi connectivity index (χ2v) is 7.37. The molecule has 1 aromatic carbocycles. The van der Waals surface area contributed by atoms with Crippen molar-refractivity contribution in [2.75, 3.05) is 31.1 Å². The molecule has 6 heteroatoms. The van der Waals surface area contributed by atoms with E-state index in [-0.39, 0.29) is 18.0 Å². The van der Waals surface area contributed by atoms with Gasteiger partial charge in [-0.05, 0) is 31.4 Å². The minimum Gasteiger partial charge on any atom is -0.337 e. The molecule has 0 radical (unpaired) electrons. The van der Waals surface area contributed by atoms with Crippen LogP contribution < -0.4 is 10.2 Å². The zero-order chi connectivity index (χ0) is 18.1. The summed E-state index contributed by atoms with van der Waals surface area (Å²) in [7, 11) is 2.01. The molecule has 138 valence electrons. The normalized spacial score (nSPS) is 23.7. The van der Waals surface area contributed by atoms with E-state index in [1.807, 2.05) is 35.0 Å². The lowest BCUT2D eigenvalue weighted by molar-refractivity contribution is -0.121. The molecule has 1 fully saturated rings. The van der Waals surface area contributed by atoms with Crippen LogP contribution in [0.25, 0.3) is 0 Å². The highest BCUT2D eigenvalue weighted by atomic mass is 16.2. The van der Waals surface area contributed by atoms with Crippen LogP contribution in [-0.2, 0) is 18.3 Å². The van der Waals surface area contributed by atoms with Gasteiger partial charge in [0.1, 0.15) is 5.82 Å². The number of hydrogen-bond acceptors (Lipinski definition) is 4. The number of piperazine rings is 1. The third-order valence-corrected chi connectivity index (χ3v) is 5.64. The van der Waals surface area contributed by atoms with Crippen molar-refractivity contribution in [1.29, 1.82) is 0 Å². The fraction of sp³-hybridized carbons (Fsp3) is 0.500. The highest BCUT2D eigenvalue weighted by molar-refractivity contribution is 5.96. The molecule has 3 heterocycles. The summed E-state index contributed by atoms with van der Waals surface area (Å²) in [5, 5.41) is 3.44. The van der Waals surface area contributed by atoms with Gasteiger partial charge in [-0.2, -0.15) is 0 Å². The maximum Gasteiger partial charge on any atom is 0.241 e. The van der Waals surface area contributed by atoms with Crippen LogP contribution in [-0.4, -0.2) is 52.6 Å². The molecule has 1 amide bonds. The lowest BCUT2D eigenvalue weighted by atomic mass is 9.96. The molecule has 2 aliphatic rings. The molecule has 0 saturated carbocycles. The van der Waals surface area contributed by atoms with Crippen LogP contribution in [0.5, 0.6) is 0 Å². The maximum atomic E-state index is 13.3. The van der Waals surface area contributed by atoms with Gasteiger partial charge < -0.3 is 14.8 Å². The number of carbonyl (C=O) groups is 1. The van der Waals surface area contributed by atoms with Gasteiger partial charge in [0.25, 0.3) is 0 Å². The first-order valence-corrected chi connectivity index (χ1v) is 9.47. The number of aromatic nitrogens is 2. The smallest absolute Gasteiger partial charge is 0.241 e. The SMILES string of the molecule is CC1CCc2ccccc2N1C(=O)CN1CCNCC1c1nccn1C. The quantitative estimate of drug-likeness (QED) is 0.913. The number of hydrogen-bond donors (Lipinski definition) is 1. The molecule has 1 saturated heterocycles. The number of imidazole rings is 1. The summed E-state index contributed by atoms with van der Waals surface area (Å²) in [6.45, 7) is 5.16. The minimum absolute atomic E-state index is 0.128. The van der Waals surface area contributed by atoms with E-state index in [1.54, 1.807) is 0 Å². The van der Waals surface area contributed by atoms with E-state index in [0.717, 1.165) is 44.0 Å². The summed E-state index contributed by atoms with van der Waals surface area (Å²) in [6, 6.07) is 8.68. The molecule has 4 rings (SSSR count). The van der Waals surface area contributed by atoms with Gasteiger partial charge in [-0.25, -0.2) is 4.98 Å². The Bertz CT molecular complexity index is 786. The summed E-state index contributed by atoms with van der Waals surface area (Å²) in [5.74, 6) is 1.20. The number of nitrogens with zero attached hydrogens (tertiary/aromatic N) is 4. The summed E-state index contributed by atoms with van der Waals surface area (Å²) in [4.78, 5) is 22.1. The number of nitrogens with one attached hydrogen (secondary N) is 1. The number of anilines is 1. The van der Waals surface area contributed by atoms with Gasteiger partial charge in [0, 0.05) is 50.8 Å². The monoisotopic (exact) mass is 353 g/mol. The zero-order valence-electron chi connectivity index (χ0n) is 15.6. The van der Waals surface area contributed by atoms with Crippen molar-refractivity contribution in [3.63, 3.8) is 0 Å². The number of carbonyl (C=O) groups excluding carboxylic acids is 1. The highest BCUT2D eigenvalue weighted by Crippen LogP contribution is 2.31. The molecule has 0 spiro atoms. The molecule has 2 aliphatic heterocycles. The average Bonchev–Trinajstić information content (AvgIpc) is 3.07. The van der Waals surface area contributed by atoms with Crippen LogP contribution in [0.15, 0.2) is 36.7 Å². The van der Waals surface area contributed by atoms with Crippen LogP contribution in [0.2, 0.25) is 0 Å². The Labute approximate surface area is 154 Å². The van der Waals surface area contributed by atoms with Gasteiger partial charge in [-0.3, -0.25) is 9.69 Å². The van der Waals surface area contributed by atoms with Crippen molar-refractivity contribution in [3.8, 4) is 0 Å². The van der Waals surface area contributed by atoms with Crippen LogP contribution in [0.3, 0.4) is 0 Å². The van der Waals surface area contributed by atoms with Gasteiger partial charge in [-0.1, -0.05) is 18.2 Å². The van der Waals surface area contributed by atoms with Gasteiger partial charge in [0.2, 0.25) is 5.91 Å². The molecule has 26 heavy (non-hydrogen) atoms. The van der Waals surface area contributed by atoms with Crippen LogP contribution >= 0.6 is 0 Å². The Balaban J connectivity index is 1.56. The van der Waals surface area contributed by atoms with Crippen molar-refractivity contribution in [3.05, 3.63) is 48.0 Å². The van der Waals surface area contributed by atoms with E-state index in [2.05, 4.69) is 40.3 Å². The topological polar surface area (TPSA) is 53.4 Å². The van der Waals surface area contributed by atoms with E-state index in [1.165, 1.54) is 5.56 Å². The van der Waals surface area contributed by atoms with Crippen molar-refractivity contribution < 1.29 is 4.79 Å². The molecule has 6 nitrogen and oxygen atoms in total.